The highest BCUT2D eigenvalue weighted by molar-refractivity contribution is 7.85. The number of benzene rings is 1. The second-order valence-electron chi connectivity index (χ2n) is 3.74. The molecule has 5 heteroatoms. The van der Waals surface area contributed by atoms with Crippen molar-refractivity contribution in [3.05, 3.63) is 24.3 Å². The molecule has 0 saturated heterocycles. The Hall–Kier alpha value is -0.910. The van der Waals surface area contributed by atoms with Crippen LogP contribution in [0.1, 0.15) is 26.2 Å². The van der Waals surface area contributed by atoms with Gasteiger partial charge < -0.3 is 5.11 Å². The van der Waals surface area contributed by atoms with E-state index in [1.807, 2.05) is 0 Å². The summed E-state index contributed by atoms with van der Waals surface area (Å²) in [6.45, 7) is 2.48. The van der Waals surface area contributed by atoms with Gasteiger partial charge in [0.25, 0.3) is 10.1 Å². The molecular formula is C12H20O4S. The first kappa shape index (κ1) is 16.1. The highest BCUT2D eigenvalue weighted by Crippen LogP contribution is 2.32. The number of aliphatic hydroxyl groups is 1. The highest BCUT2D eigenvalue weighted by atomic mass is 32.2. The maximum atomic E-state index is 9.19. The van der Waals surface area contributed by atoms with Crippen molar-refractivity contribution < 1.29 is 18.1 Å². The predicted molar refractivity (Wildman–Crippen MR) is 69.5 cm³/mol. The van der Waals surface area contributed by atoms with Gasteiger partial charge >= 0.3 is 0 Å². The first-order valence-electron chi connectivity index (χ1n) is 5.52. The van der Waals surface area contributed by atoms with Crippen LogP contribution < -0.4 is 0 Å². The Morgan fingerprint density at radius 2 is 1.65 bits per heavy atom. The molecule has 0 atom stereocenters. The van der Waals surface area contributed by atoms with Gasteiger partial charge in [0.15, 0.2) is 0 Å². The minimum Gasteiger partial charge on any atom is -0.396 e. The molecule has 2 aliphatic carbocycles. The fraction of sp³-hybridized carbons (Fsp3) is 0.500. The van der Waals surface area contributed by atoms with Crippen LogP contribution in [0.25, 0.3) is 11.1 Å². The van der Waals surface area contributed by atoms with E-state index in [1.165, 1.54) is 17.5 Å². The van der Waals surface area contributed by atoms with Crippen LogP contribution in [-0.2, 0) is 10.1 Å². The van der Waals surface area contributed by atoms with Crippen molar-refractivity contribution in [3.63, 3.8) is 0 Å². The maximum absolute atomic E-state index is 9.19. The van der Waals surface area contributed by atoms with E-state index in [-0.39, 0.29) is 0 Å². The molecule has 17 heavy (non-hydrogen) atoms. The van der Waals surface area contributed by atoms with Crippen LogP contribution in [0, 0.1) is 0 Å². The molecule has 2 aliphatic rings. The molecule has 0 unspecified atom stereocenters. The summed E-state index contributed by atoms with van der Waals surface area (Å²) >= 11 is 0. The summed E-state index contributed by atoms with van der Waals surface area (Å²) < 4.78 is 25.9. The molecule has 0 spiro atoms. The summed E-state index contributed by atoms with van der Waals surface area (Å²) in [5.74, 6) is 0. The van der Waals surface area contributed by atoms with Crippen LogP contribution in [0.2, 0.25) is 0 Å². The van der Waals surface area contributed by atoms with Crippen LogP contribution >= 0.6 is 0 Å². The highest BCUT2D eigenvalue weighted by Gasteiger charge is 2.06. The predicted octanol–water partition coefficient (Wildman–Crippen LogP) is 2.34. The Balaban J connectivity index is 0.000000228. The van der Waals surface area contributed by atoms with Crippen LogP contribution in [0.5, 0.6) is 0 Å². The standard InChI is InChI=1S/C6H4.C5H12O.CH4O3S/c1-2-5-4-6(5)3-1;1-2-3-4-5-6;1-5(2,3)4/h1-4H;6H,2-5H2,1H3;1H3,(H,2,3,4). The van der Waals surface area contributed by atoms with E-state index in [2.05, 4.69) is 31.2 Å². The molecule has 98 valence electrons. The Labute approximate surface area is 103 Å². The third-order valence-corrected chi connectivity index (χ3v) is 1.87. The van der Waals surface area contributed by atoms with Gasteiger partial charge in [-0.15, -0.1) is 0 Å². The average Bonchev–Trinajstić information content (AvgIpc) is 2.81. The number of hydrogen-bond donors (Lipinski definition) is 2. The maximum Gasteiger partial charge on any atom is 0.261 e. The first-order chi connectivity index (χ1) is 7.88. The topological polar surface area (TPSA) is 74.6 Å². The fourth-order valence-corrected chi connectivity index (χ4v) is 1.04. The molecule has 0 aromatic carbocycles. The Morgan fingerprint density at radius 1 is 1.18 bits per heavy atom. The van der Waals surface area contributed by atoms with Gasteiger partial charge in [-0.3, -0.25) is 4.55 Å². The molecular weight excluding hydrogens is 240 g/mol. The molecule has 0 fully saturated rings. The van der Waals surface area contributed by atoms with Gasteiger partial charge in [-0.1, -0.05) is 38.0 Å². The summed E-state index contributed by atoms with van der Waals surface area (Å²) in [4.78, 5) is 0. The third-order valence-electron chi connectivity index (χ3n) is 1.87. The largest absolute Gasteiger partial charge is 0.396 e. The lowest BCUT2D eigenvalue weighted by Crippen LogP contribution is -1.88. The number of unbranched alkanes of at least 4 members (excludes halogenated alkanes) is 2. The van der Waals surface area contributed by atoms with Crippen LogP contribution in [0.15, 0.2) is 24.3 Å². The van der Waals surface area contributed by atoms with E-state index < -0.39 is 10.1 Å². The summed E-state index contributed by atoms with van der Waals surface area (Å²) in [5.41, 5.74) is 2.85. The van der Waals surface area contributed by atoms with E-state index in [1.54, 1.807) is 0 Å². The van der Waals surface area contributed by atoms with Gasteiger partial charge in [-0.25, -0.2) is 0 Å². The summed E-state index contributed by atoms with van der Waals surface area (Å²) in [5, 5.41) is 8.20. The van der Waals surface area contributed by atoms with Crippen LogP contribution in [0.3, 0.4) is 0 Å². The molecule has 2 rings (SSSR count). The third kappa shape index (κ3) is 13.0. The number of hydrogen-bond acceptors (Lipinski definition) is 3. The fourth-order valence-electron chi connectivity index (χ4n) is 1.04. The Morgan fingerprint density at radius 3 is 1.76 bits per heavy atom. The molecule has 4 nitrogen and oxygen atoms in total. The summed E-state index contributed by atoms with van der Waals surface area (Å²) in [6, 6.07) is 8.48. The molecule has 0 heterocycles. The van der Waals surface area contributed by atoms with Gasteiger partial charge in [-0.05, 0) is 23.6 Å². The van der Waals surface area contributed by atoms with Crippen LogP contribution in [0.4, 0.5) is 0 Å². The minimum atomic E-state index is -3.67. The van der Waals surface area contributed by atoms with E-state index in [4.69, 9.17) is 9.66 Å². The quantitative estimate of drug-likeness (QED) is 0.656. The molecule has 0 saturated carbocycles. The average molecular weight is 260 g/mol. The van der Waals surface area contributed by atoms with Crippen molar-refractivity contribution in [1.82, 2.24) is 0 Å². The van der Waals surface area contributed by atoms with Crippen molar-refractivity contribution in [2.45, 2.75) is 26.2 Å². The van der Waals surface area contributed by atoms with Crippen molar-refractivity contribution in [1.29, 1.82) is 0 Å². The van der Waals surface area contributed by atoms with E-state index in [0.717, 1.165) is 12.8 Å². The second kappa shape index (κ2) is 8.22. The summed E-state index contributed by atoms with van der Waals surface area (Å²) in [7, 11) is -3.67. The minimum absolute atomic E-state index is 0.355. The first-order valence-corrected chi connectivity index (χ1v) is 7.37. The second-order valence-corrected chi connectivity index (χ2v) is 5.21. The van der Waals surface area contributed by atoms with Gasteiger partial charge in [-0.2, -0.15) is 8.42 Å². The Kier molecular flexibility index (Phi) is 7.78. The SMILES string of the molecule is CCCCCO.CS(=O)(=O)O.c1cc2cc-2c1. The van der Waals surface area contributed by atoms with Gasteiger partial charge in [0.2, 0.25) is 0 Å². The molecule has 0 amide bonds. The van der Waals surface area contributed by atoms with Crippen molar-refractivity contribution >= 4 is 10.1 Å². The van der Waals surface area contributed by atoms with Gasteiger partial charge in [0.05, 0.1) is 6.26 Å². The molecule has 2 N–H and O–H groups in total. The van der Waals surface area contributed by atoms with Gasteiger partial charge in [0.1, 0.15) is 0 Å². The van der Waals surface area contributed by atoms with Crippen LogP contribution in [-0.4, -0.2) is 30.9 Å². The van der Waals surface area contributed by atoms with Crippen molar-refractivity contribution in [3.8, 4) is 11.1 Å². The molecule has 0 aromatic rings. The normalized spacial score (nSPS) is 10.6. The molecule has 0 aromatic heterocycles. The smallest absolute Gasteiger partial charge is 0.261 e. The molecule has 0 bridgehead atoms. The zero-order valence-corrected chi connectivity index (χ0v) is 11.1. The van der Waals surface area contributed by atoms with E-state index >= 15 is 0 Å². The number of aliphatic hydroxyl groups excluding tert-OH is 1. The van der Waals surface area contributed by atoms with E-state index in [9.17, 15) is 8.42 Å². The lowest BCUT2D eigenvalue weighted by Gasteiger charge is -1.85. The lowest BCUT2D eigenvalue weighted by atomic mass is 10.3. The van der Waals surface area contributed by atoms with E-state index in [0.29, 0.717) is 12.9 Å². The molecule has 0 radical (unpaired) electrons. The van der Waals surface area contributed by atoms with Crippen molar-refractivity contribution in [2.24, 2.45) is 0 Å². The number of fused-ring (bicyclic) bond motifs is 1. The zero-order valence-electron chi connectivity index (χ0n) is 10.3. The Bertz CT molecular complexity index is 383. The monoisotopic (exact) mass is 260 g/mol. The van der Waals surface area contributed by atoms with Crippen molar-refractivity contribution in [2.75, 3.05) is 12.9 Å². The van der Waals surface area contributed by atoms with Gasteiger partial charge in [0, 0.05) is 6.61 Å². The lowest BCUT2D eigenvalue weighted by molar-refractivity contribution is 0.284. The molecule has 0 aliphatic heterocycles. The number of rotatable bonds is 3. The summed E-state index contributed by atoms with van der Waals surface area (Å²) in [6.07, 6.45) is 4.04. The zero-order chi connectivity index (χ0) is 13.3.